The van der Waals surface area contributed by atoms with Gasteiger partial charge in [-0.2, -0.15) is 0 Å². The molecule has 0 aromatic heterocycles. The molecule has 0 saturated carbocycles. The zero-order valence-electron chi connectivity index (χ0n) is 14.3. The van der Waals surface area contributed by atoms with Crippen molar-refractivity contribution in [1.29, 1.82) is 0 Å². The molecule has 1 aliphatic heterocycles. The fourth-order valence-corrected chi connectivity index (χ4v) is 2.87. The second kappa shape index (κ2) is 8.62. The van der Waals surface area contributed by atoms with E-state index >= 15 is 0 Å². The molecule has 6 nitrogen and oxygen atoms in total. The fraction of sp³-hybridized carbons (Fsp3) is 0.211. The van der Waals surface area contributed by atoms with Crippen LogP contribution in [-0.2, 0) is 19.1 Å². The van der Waals surface area contributed by atoms with Crippen LogP contribution in [0.5, 0.6) is 11.5 Å². The molecule has 0 spiro atoms. The molecule has 1 aromatic carbocycles. The summed E-state index contributed by atoms with van der Waals surface area (Å²) >= 11 is 3.38. The Kier molecular flexibility index (Phi) is 6.52. The number of cyclic esters (lactones) is 1. The predicted molar refractivity (Wildman–Crippen MR) is 98.8 cm³/mol. The van der Waals surface area contributed by atoms with Crippen LogP contribution in [0.3, 0.4) is 0 Å². The zero-order chi connectivity index (χ0) is 19.3. The monoisotopic (exact) mass is 420 g/mol. The van der Waals surface area contributed by atoms with E-state index in [-0.39, 0.29) is 5.76 Å². The number of allylic oxidation sites excluding steroid dienone is 3. The van der Waals surface area contributed by atoms with Crippen LogP contribution in [0.15, 0.2) is 47.2 Å². The number of methoxy groups -OCH3 is 1. The number of ketones is 2. The van der Waals surface area contributed by atoms with Gasteiger partial charge in [-0.15, -0.1) is 0 Å². The Labute approximate surface area is 159 Å². The number of carbonyl (C=O) groups is 3. The van der Waals surface area contributed by atoms with Crippen molar-refractivity contribution >= 4 is 39.5 Å². The van der Waals surface area contributed by atoms with Gasteiger partial charge in [0, 0.05) is 6.08 Å². The van der Waals surface area contributed by atoms with E-state index in [1.54, 1.807) is 18.2 Å². The summed E-state index contributed by atoms with van der Waals surface area (Å²) in [6, 6.07) is 3.38. The second-order valence-electron chi connectivity index (χ2n) is 5.38. The van der Waals surface area contributed by atoms with Gasteiger partial charge in [0.2, 0.25) is 0 Å². The number of ether oxygens (including phenoxy) is 3. The molecule has 0 amide bonds. The van der Waals surface area contributed by atoms with E-state index in [1.165, 1.54) is 26.2 Å². The van der Waals surface area contributed by atoms with Crippen LogP contribution < -0.4 is 9.47 Å². The van der Waals surface area contributed by atoms with Gasteiger partial charge >= 0.3 is 5.97 Å². The molecule has 1 aliphatic rings. The summed E-state index contributed by atoms with van der Waals surface area (Å²) in [6.07, 6.45) is 5.40. The van der Waals surface area contributed by atoms with Gasteiger partial charge in [-0.25, -0.2) is 0 Å². The third kappa shape index (κ3) is 4.49. The molecule has 1 aromatic rings. The van der Waals surface area contributed by atoms with Gasteiger partial charge in [-0.1, -0.05) is 18.7 Å². The molecular formula is C19H17BrO6. The third-order valence-electron chi connectivity index (χ3n) is 3.45. The number of hydrogen-bond acceptors (Lipinski definition) is 6. The first kappa shape index (κ1) is 19.7. The van der Waals surface area contributed by atoms with Gasteiger partial charge < -0.3 is 14.2 Å². The molecule has 0 radical (unpaired) electrons. The maximum Gasteiger partial charge on any atom is 0.329 e. The number of halogens is 1. The van der Waals surface area contributed by atoms with Gasteiger partial charge in [0.25, 0.3) is 0 Å². The van der Waals surface area contributed by atoms with E-state index in [2.05, 4.69) is 22.5 Å². The number of hydrogen-bond donors (Lipinski definition) is 0. The summed E-state index contributed by atoms with van der Waals surface area (Å²) < 4.78 is 16.3. The lowest BCUT2D eigenvalue weighted by Crippen LogP contribution is -2.34. The molecule has 0 saturated heterocycles. The van der Waals surface area contributed by atoms with Gasteiger partial charge in [0.1, 0.15) is 12.4 Å². The van der Waals surface area contributed by atoms with Gasteiger partial charge in [-0.05, 0) is 46.6 Å². The van der Waals surface area contributed by atoms with Crippen molar-refractivity contribution in [3.8, 4) is 11.5 Å². The van der Waals surface area contributed by atoms with Crippen LogP contribution in [0.1, 0.15) is 12.5 Å². The summed E-state index contributed by atoms with van der Waals surface area (Å²) in [6.45, 7) is 5.37. The largest absolute Gasteiger partial charge is 0.493 e. The van der Waals surface area contributed by atoms with Crippen molar-refractivity contribution in [1.82, 2.24) is 0 Å². The van der Waals surface area contributed by atoms with Crippen LogP contribution in [0, 0.1) is 5.92 Å². The molecule has 1 atom stereocenters. The number of benzene rings is 1. The molecule has 0 N–H and O–H groups in total. The number of carbonyl (C=O) groups excluding carboxylic acids is 3. The Bertz CT molecular complexity index is 822. The highest BCUT2D eigenvalue weighted by Gasteiger charge is 2.36. The lowest BCUT2D eigenvalue weighted by molar-refractivity contribution is -0.151. The second-order valence-corrected chi connectivity index (χ2v) is 6.24. The fourth-order valence-electron chi connectivity index (χ4n) is 2.30. The van der Waals surface area contributed by atoms with E-state index in [9.17, 15) is 14.4 Å². The maximum absolute atomic E-state index is 12.2. The molecular weight excluding hydrogens is 404 g/mol. The molecule has 0 bridgehead atoms. The summed E-state index contributed by atoms with van der Waals surface area (Å²) in [5.41, 5.74) is 0.622. The van der Waals surface area contributed by atoms with E-state index in [0.717, 1.165) is 6.08 Å². The Hall–Kier alpha value is -2.67. The van der Waals surface area contributed by atoms with Gasteiger partial charge in [-0.3, -0.25) is 14.4 Å². The van der Waals surface area contributed by atoms with Crippen LogP contribution in [0.4, 0.5) is 0 Å². The average Bonchev–Trinajstić information content (AvgIpc) is 2.57. The molecule has 26 heavy (non-hydrogen) atoms. The van der Waals surface area contributed by atoms with Crippen molar-refractivity contribution in [2.24, 2.45) is 5.92 Å². The minimum atomic E-state index is -1.46. The van der Waals surface area contributed by atoms with Crippen molar-refractivity contribution in [3.63, 3.8) is 0 Å². The maximum atomic E-state index is 12.2. The van der Waals surface area contributed by atoms with Crippen LogP contribution in [0.2, 0.25) is 0 Å². The highest BCUT2D eigenvalue weighted by molar-refractivity contribution is 9.10. The number of esters is 1. The normalized spacial score (nSPS) is 16.9. The van der Waals surface area contributed by atoms with Crippen molar-refractivity contribution in [2.75, 3.05) is 13.7 Å². The third-order valence-corrected chi connectivity index (χ3v) is 4.04. The smallest absolute Gasteiger partial charge is 0.329 e. The molecule has 1 unspecified atom stereocenters. The first-order chi connectivity index (χ1) is 12.4. The van der Waals surface area contributed by atoms with Crippen LogP contribution in [0.25, 0.3) is 6.08 Å². The minimum absolute atomic E-state index is 0.178. The average molecular weight is 421 g/mol. The van der Waals surface area contributed by atoms with Crippen LogP contribution >= 0.6 is 15.9 Å². The van der Waals surface area contributed by atoms with E-state index in [0.29, 0.717) is 28.1 Å². The molecule has 1 heterocycles. The van der Waals surface area contributed by atoms with Gasteiger partial charge in [0.05, 0.1) is 11.6 Å². The quantitative estimate of drug-likeness (QED) is 0.291. The van der Waals surface area contributed by atoms with Gasteiger partial charge in [0.15, 0.2) is 29.0 Å². The Morgan fingerprint density at radius 1 is 1.38 bits per heavy atom. The Balaban J connectivity index is 2.23. The lowest BCUT2D eigenvalue weighted by Gasteiger charge is -2.15. The SMILES string of the molecule is C=CCOc1c(Br)cc(/C=C/C(=O)C2C(=O)C=C(C)OC2=O)cc1OC. The van der Waals surface area contributed by atoms with Crippen molar-refractivity contribution in [2.45, 2.75) is 6.92 Å². The standard InChI is InChI=1S/C19H17BrO6/c1-4-7-25-18-13(20)9-12(10-16(18)24-3)5-6-14(21)17-15(22)8-11(2)26-19(17)23/h4-6,8-10,17H,1,7H2,2-3H3/b6-5+. The van der Waals surface area contributed by atoms with Crippen molar-refractivity contribution in [3.05, 3.63) is 52.7 Å². The molecule has 2 rings (SSSR count). The minimum Gasteiger partial charge on any atom is -0.493 e. The number of rotatable bonds is 7. The zero-order valence-corrected chi connectivity index (χ0v) is 15.9. The van der Waals surface area contributed by atoms with Crippen molar-refractivity contribution < 1.29 is 28.6 Å². The van der Waals surface area contributed by atoms with E-state index < -0.39 is 23.5 Å². The molecule has 136 valence electrons. The molecule has 7 heteroatoms. The Morgan fingerprint density at radius 2 is 2.12 bits per heavy atom. The topological polar surface area (TPSA) is 78.9 Å². The summed E-state index contributed by atoms with van der Waals surface area (Å²) in [7, 11) is 1.49. The first-order valence-corrected chi connectivity index (χ1v) is 8.43. The summed E-state index contributed by atoms with van der Waals surface area (Å²) in [5.74, 6) is -2.42. The van der Waals surface area contributed by atoms with E-state index in [1.807, 2.05) is 0 Å². The Morgan fingerprint density at radius 3 is 2.73 bits per heavy atom. The molecule has 0 fully saturated rings. The highest BCUT2D eigenvalue weighted by Crippen LogP contribution is 2.37. The summed E-state index contributed by atoms with van der Waals surface area (Å²) in [4.78, 5) is 35.9. The lowest BCUT2D eigenvalue weighted by atomic mass is 9.96. The first-order valence-electron chi connectivity index (χ1n) is 7.64. The highest BCUT2D eigenvalue weighted by atomic mass is 79.9. The predicted octanol–water partition coefficient (Wildman–Crippen LogP) is 3.25. The van der Waals surface area contributed by atoms with Crippen LogP contribution in [-0.4, -0.2) is 31.3 Å². The summed E-state index contributed by atoms with van der Waals surface area (Å²) in [5, 5.41) is 0. The molecule has 0 aliphatic carbocycles. The van der Waals surface area contributed by atoms with E-state index in [4.69, 9.17) is 14.2 Å².